The highest BCUT2D eigenvalue weighted by molar-refractivity contribution is 5.47. The summed E-state index contributed by atoms with van der Waals surface area (Å²) in [6.07, 6.45) is 5.08. The van der Waals surface area contributed by atoms with Crippen molar-refractivity contribution >= 4 is 5.69 Å². The van der Waals surface area contributed by atoms with Crippen molar-refractivity contribution in [2.45, 2.75) is 31.8 Å². The minimum atomic E-state index is 0.00470. The largest absolute Gasteiger partial charge is 0.486 e. The minimum absolute atomic E-state index is 0.00470. The topological polar surface area (TPSA) is 59.8 Å². The van der Waals surface area contributed by atoms with Crippen LogP contribution in [0.3, 0.4) is 0 Å². The van der Waals surface area contributed by atoms with Crippen LogP contribution in [-0.4, -0.2) is 54.1 Å². The third-order valence-corrected chi connectivity index (χ3v) is 5.90. The molecule has 1 unspecified atom stereocenters. The van der Waals surface area contributed by atoms with Crippen LogP contribution in [-0.2, 0) is 6.54 Å². The van der Waals surface area contributed by atoms with E-state index in [1.807, 2.05) is 18.3 Å². The molecule has 7 heteroatoms. The Morgan fingerprint density at radius 2 is 2.00 bits per heavy atom. The molecule has 2 aromatic rings. The van der Waals surface area contributed by atoms with Crippen LogP contribution in [0.15, 0.2) is 35.3 Å². The lowest BCUT2D eigenvalue weighted by atomic mass is 10.0. The number of nitrogens with zero attached hydrogens (tertiary/aromatic N) is 4. The van der Waals surface area contributed by atoms with Gasteiger partial charge in [-0.3, -0.25) is 9.69 Å². The summed E-state index contributed by atoms with van der Waals surface area (Å²) in [5.74, 6) is 1.70. The average molecular weight is 382 g/mol. The predicted octanol–water partition coefficient (Wildman–Crippen LogP) is 2.06. The number of likely N-dealkylation sites (tertiary alicyclic amines) is 1. The van der Waals surface area contributed by atoms with Gasteiger partial charge in [-0.1, -0.05) is 12.1 Å². The van der Waals surface area contributed by atoms with Gasteiger partial charge in [0, 0.05) is 37.8 Å². The van der Waals surface area contributed by atoms with Crippen molar-refractivity contribution in [2.24, 2.45) is 0 Å². The predicted molar refractivity (Wildman–Crippen MR) is 106 cm³/mol. The van der Waals surface area contributed by atoms with Crippen molar-refractivity contribution in [3.05, 3.63) is 46.4 Å². The molecule has 1 atom stereocenters. The van der Waals surface area contributed by atoms with Crippen molar-refractivity contribution in [2.75, 3.05) is 44.3 Å². The molecule has 0 amide bonds. The molecule has 4 heterocycles. The second-order valence-corrected chi connectivity index (χ2v) is 7.81. The Hall–Kier alpha value is -2.54. The number of fused-ring (bicyclic) bond motifs is 1. The van der Waals surface area contributed by atoms with Gasteiger partial charge in [0.05, 0.1) is 17.9 Å². The third kappa shape index (κ3) is 3.35. The Morgan fingerprint density at radius 3 is 2.82 bits per heavy atom. The molecule has 0 saturated carbocycles. The zero-order valence-corrected chi connectivity index (χ0v) is 16.0. The second-order valence-electron chi connectivity index (χ2n) is 7.81. The lowest BCUT2D eigenvalue weighted by Crippen LogP contribution is -2.42. The summed E-state index contributed by atoms with van der Waals surface area (Å²) in [5.41, 5.74) is 2.10. The van der Waals surface area contributed by atoms with Gasteiger partial charge in [0.1, 0.15) is 13.2 Å². The number of hydrogen-bond donors (Lipinski definition) is 0. The van der Waals surface area contributed by atoms with E-state index in [1.165, 1.54) is 6.42 Å². The van der Waals surface area contributed by atoms with Crippen molar-refractivity contribution < 1.29 is 9.47 Å². The van der Waals surface area contributed by atoms with Crippen LogP contribution in [0.5, 0.6) is 11.5 Å². The minimum Gasteiger partial charge on any atom is -0.486 e. The number of para-hydroxylation sites is 1. The first kappa shape index (κ1) is 17.6. The first-order valence-corrected chi connectivity index (χ1v) is 10.2. The van der Waals surface area contributed by atoms with Gasteiger partial charge in [0.15, 0.2) is 11.5 Å². The first-order chi connectivity index (χ1) is 13.8. The zero-order chi connectivity index (χ0) is 18.9. The Bertz CT molecular complexity index is 909. The van der Waals surface area contributed by atoms with Gasteiger partial charge in [-0.2, -0.15) is 5.10 Å². The van der Waals surface area contributed by atoms with Crippen LogP contribution in [0.2, 0.25) is 0 Å². The maximum absolute atomic E-state index is 12.7. The highest BCUT2D eigenvalue weighted by atomic mass is 16.6. The summed E-state index contributed by atoms with van der Waals surface area (Å²) in [7, 11) is 0. The SMILES string of the molecule is O=c1cc(N2CCC2)cnn1C1CCCN(Cc2cccc3c2OCCO3)C1. The molecule has 0 aliphatic carbocycles. The first-order valence-electron chi connectivity index (χ1n) is 10.2. The summed E-state index contributed by atoms with van der Waals surface area (Å²) < 4.78 is 13.2. The number of piperidine rings is 1. The van der Waals surface area contributed by atoms with Gasteiger partial charge in [-0.15, -0.1) is 0 Å². The zero-order valence-electron chi connectivity index (χ0n) is 16.0. The molecule has 0 N–H and O–H groups in total. The molecule has 1 aromatic heterocycles. The maximum atomic E-state index is 12.7. The van der Waals surface area contributed by atoms with E-state index in [0.29, 0.717) is 13.2 Å². The fourth-order valence-electron chi connectivity index (χ4n) is 4.30. The van der Waals surface area contributed by atoms with Crippen LogP contribution >= 0.6 is 0 Å². The molecule has 28 heavy (non-hydrogen) atoms. The number of benzene rings is 1. The van der Waals surface area contributed by atoms with Gasteiger partial charge in [-0.25, -0.2) is 4.68 Å². The Kier molecular flexibility index (Phi) is 4.68. The molecule has 2 fully saturated rings. The van der Waals surface area contributed by atoms with Gasteiger partial charge in [0.2, 0.25) is 0 Å². The number of ether oxygens (including phenoxy) is 2. The fourth-order valence-corrected chi connectivity index (χ4v) is 4.30. The van der Waals surface area contributed by atoms with Crippen LogP contribution in [0.4, 0.5) is 5.69 Å². The highest BCUT2D eigenvalue weighted by Crippen LogP contribution is 2.35. The van der Waals surface area contributed by atoms with Gasteiger partial charge >= 0.3 is 0 Å². The van der Waals surface area contributed by atoms with Crippen molar-refractivity contribution in [3.63, 3.8) is 0 Å². The van der Waals surface area contributed by atoms with Gasteiger partial charge in [0.25, 0.3) is 5.56 Å². The van der Waals surface area contributed by atoms with Crippen molar-refractivity contribution in [1.82, 2.24) is 14.7 Å². The maximum Gasteiger partial charge on any atom is 0.269 e. The average Bonchev–Trinajstić information content (AvgIpc) is 2.67. The molecular formula is C21H26N4O3. The molecule has 0 radical (unpaired) electrons. The van der Waals surface area contributed by atoms with Gasteiger partial charge < -0.3 is 14.4 Å². The number of aromatic nitrogens is 2. The van der Waals surface area contributed by atoms with Crippen LogP contribution < -0.4 is 19.9 Å². The van der Waals surface area contributed by atoms with Crippen LogP contribution in [0.25, 0.3) is 0 Å². The molecule has 7 nitrogen and oxygen atoms in total. The molecule has 5 rings (SSSR count). The van der Waals surface area contributed by atoms with E-state index in [4.69, 9.17) is 9.47 Å². The summed E-state index contributed by atoms with van der Waals surface area (Å²) in [5, 5.41) is 4.51. The van der Waals surface area contributed by atoms with E-state index in [1.54, 1.807) is 10.7 Å². The molecule has 3 aliphatic heterocycles. The number of anilines is 1. The quantitative estimate of drug-likeness (QED) is 0.807. The summed E-state index contributed by atoms with van der Waals surface area (Å²) >= 11 is 0. The third-order valence-electron chi connectivity index (χ3n) is 5.90. The standard InChI is InChI=1S/C21H26N4O3/c26-20-12-18(24-8-3-9-24)13-22-25(20)17-5-2-7-23(15-17)14-16-4-1-6-19-21(16)28-11-10-27-19/h1,4,6,12-13,17H,2-3,5,7-11,14-15H2. The molecule has 0 bridgehead atoms. The summed E-state index contributed by atoms with van der Waals surface area (Å²) in [6, 6.07) is 7.93. The van der Waals surface area contributed by atoms with Crippen molar-refractivity contribution in [3.8, 4) is 11.5 Å². The summed E-state index contributed by atoms with van der Waals surface area (Å²) in [4.78, 5) is 17.2. The fraction of sp³-hybridized carbons (Fsp3) is 0.524. The van der Waals surface area contributed by atoms with Gasteiger partial charge in [-0.05, 0) is 31.9 Å². The molecule has 148 valence electrons. The molecule has 0 spiro atoms. The van der Waals surface area contributed by atoms with Crippen molar-refractivity contribution in [1.29, 1.82) is 0 Å². The second kappa shape index (κ2) is 7.47. The molecule has 3 aliphatic rings. The molecule has 1 aromatic carbocycles. The Morgan fingerprint density at radius 1 is 1.11 bits per heavy atom. The number of hydrogen-bond acceptors (Lipinski definition) is 6. The van der Waals surface area contributed by atoms with E-state index in [0.717, 1.165) is 68.3 Å². The van der Waals surface area contributed by atoms with E-state index in [9.17, 15) is 4.79 Å². The van der Waals surface area contributed by atoms with E-state index in [2.05, 4.69) is 21.0 Å². The Labute approximate surface area is 164 Å². The lowest BCUT2D eigenvalue weighted by molar-refractivity contribution is 0.148. The smallest absolute Gasteiger partial charge is 0.269 e. The molecule has 2 saturated heterocycles. The lowest BCUT2D eigenvalue weighted by Gasteiger charge is -2.35. The van der Waals surface area contributed by atoms with E-state index < -0.39 is 0 Å². The monoisotopic (exact) mass is 382 g/mol. The Balaban J connectivity index is 1.31. The molecular weight excluding hydrogens is 356 g/mol. The summed E-state index contributed by atoms with van der Waals surface area (Å²) in [6.45, 7) is 5.87. The van der Waals surface area contributed by atoms with E-state index in [-0.39, 0.29) is 11.6 Å². The van der Waals surface area contributed by atoms with Crippen LogP contribution in [0.1, 0.15) is 30.9 Å². The normalized spacial score (nSPS) is 22.0. The number of rotatable bonds is 4. The van der Waals surface area contributed by atoms with Crippen LogP contribution in [0, 0.1) is 0 Å². The highest BCUT2D eigenvalue weighted by Gasteiger charge is 2.25. The van der Waals surface area contributed by atoms with E-state index >= 15 is 0 Å².